The molecule has 1 aromatic rings. The number of rotatable bonds is 7. The van der Waals surface area contributed by atoms with Gasteiger partial charge in [-0.2, -0.15) is 0 Å². The highest BCUT2D eigenvalue weighted by molar-refractivity contribution is 5.64. The minimum absolute atomic E-state index is 0.0630. The topological polar surface area (TPSA) is 95.5 Å². The van der Waals surface area contributed by atoms with Crippen LogP contribution >= 0.6 is 0 Å². The molecule has 1 atom stereocenters. The highest BCUT2D eigenvalue weighted by Crippen LogP contribution is 2.38. The zero-order valence-corrected chi connectivity index (χ0v) is 11.4. The molecule has 1 rings (SSSR count). The van der Waals surface area contributed by atoms with Crippen LogP contribution in [0.3, 0.4) is 0 Å². The maximum atomic E-state index is 10.5. The summed E-state index contributed by atoms with van der Waals surface area (Å²) in [7, 11) is 4.61. The molecule has 0 unspecified atom stereocenters. The molecule has 0 heterocycles. The molecule has 106 valence electrons. The Morgan fingerprint density at radius 3 is 2.11 bits per heavy atom. The fraction of sp³-hybridized carbons (Fsp3) is 0.462. The first-order chi connectivity index (χ1) is 9.03. The molecule has 0 aliphatic rings. The maximum Gasteiger partial charge on any atom is 0.135 e. The maximum absolute atomic E-state index is 10.5. The smallest absolute Gasteiger partial charge is 0.135 e. The molecule has 0 fully saturated rings. The summed E-state index contributed by atoms with van der Waals surface area (Å²) in [6, 6.07) is 3.16. The van der Waals surface area contributed by atoms with Crippen molar-refractivity contribution in [1.29, 1.82) is 0 Å². The van der Waals surface area contributed by atoms with Crippen molar-refractivity contribution in [3.63, 3.8) is 0 Å². The first kappa shape index (κ1) is 15.1. The van der Waals surface area contributed by atoms with E-state index in [9.17, 15) is 9.90 Å². The lowest BCUT2D eigenvalue weighted by Gasteiger charge is -2.18. The van der Waals surface area contributed by atoms with E-state index in [1.807, 2.05) is 0 Å². The summed E-state index contributed by atoms with van der Waals surface area (Å²) in [6.07, 6.45) is 0.286. The zero-order valence-electron chi connectivity index (χ0n) is 11.4. The fourth-order valence-electron chi connectivity index (χ4n) is 1.87. The van der Waals surface area contributed by atoms with E-state index in [-0.39, 0.29) is 12.5 Å². The lowest BCUT2D eigenvalue weighted by atomic mass is 10.0. The lowest BCUT2D eigenvalue weighted by molar-refractivity contribution is -0.429. The summed E-state index contributed by atoms with van der Waals surface area (Å²) < 4.78 is 15.7. The minimum Gasteiger partial charge on any atom is -0.550 e. The number of hydrogen-bond donors (Lipinski definition) is 1. The van der Waals surface area contributed by atoms with Gasteiger partial charge in [0.25, 0.3) is 0 Å². The van der Waals surface area contributed by atoms with Crippen LogP contribution in [0.2, 0.25) is 0 Å². The predicted molar refractivity (Wildman–Crippen MR) is 66.0 cm³/mol. The molecule has 0 radical (unpaired) electrons. The van der Waals surface area contributed by atoms with E-state index in [1.54, 1.807) is 19.2 Å². The number of quaternary nitrogens is 1. The summed E-state index contributed by atoms with van der Waals surface area (Å²) in [5.74, 6) is 0.633. The van der Waals surface area contributed by atoms with Gasteiger partial charge < -0.3 is 29.8 Å². The molecule has 1 aromatic carbocycles. The van der Waals surface area contributed by atoms with Crippen LogP contribution in [0.15, 0.2) is 12.1 Å². The number of benzene rings is 1. The standard InChI is InChI=1S/C13H19NO5/c1-17-8-6-10(18-2)13(11(7-8)19-3)9(14)4-5-12(15)16/h6-7,9H,4-5,14H2,1-3H3,(H,15,16)/t9-/m0/s1. The molecule has 0 aliphatic heterocycles. The van der Waals surface area contributed by atoms with Gasteiger partial charge in [-0.3, -0.25) is 0 Å². The van der Waals surface area contributed by atoms with E-state index < -0.39 is 5.97 Å². The van der Waals surface area contributed by atoms with Crippen LogP contribution in [0.25, 0.3) is 0 Å². The van der Waals surface area contributed by atoms with E-state index in [0.717, 1.165) is 5.56 Å². The number of ether oxygens (including phenoxy) is 3. The monoisotopic (exact) mass is 269 g/mol. The molecule has 0 spiro atoms. The van der Waals surface area contributed by atoms with Crippen molar-refractivity contribution < 1.29 is 29.8 Å². The van der Waals surface area contributed by atoms with E-state index in [2.05, 4.69) is 5.73 Å². The molecule has 0 bridgehead atoms. The molecular formula is C13H19NO5. The van der Waals surface area contributed by atoms with Crippen LogP contribution < -0.4 is 25.1 Å². The van der Waals surface area contributed by atoms with Crippen LogP contribution in [-0.2, 0) is 4.79 Å². The first-order valence-corrected chi connectivity index (χ1v) is 5.86. The Morgan fingerprint density at radius 1 is 1.21 bits per heavy atom. The van der Waals surface area contributed by atoms with Gasteiger partial charge in [-0.1, -0.05) is 0 Å². The number of carbonyl (C=O) groups is 1. The van der Waals surface area contributed by atoms with Gasteiger partial charge >= 0.3 is 0 Å². The molecule has 0 aliphatic carbocycles. The highest BCUT2D eigenvalue weighted by atomic mass is 16.5. The zero-order chi connectivity index (χ0) is 14.4. The molecule has 19 heavy (non-hydrogen) atoms. The first-order valence-electron chi connectivity index (χ1n) is 5.86. The highest BCUT2D eigenvalue weighted by Gasteiger charge is 2.22. The van der Waals surface area contributed by atoms with Gasteiger partial charge in [-0.05, 0) is 6.42 Å². The molecule has 6 heteroatoms. The SMILES string of the molecule is COc1cc(OC)c([C@@H]([NH3+])CCC(=O)[O-])c(OC)c1. The molecule has 0 aromatic heterocycles. The lowest BCUT2D eigenvalue weighted by Crippen LogP contribution is -2.54. The average molecular weight is 269 g/mol. The van der Waals surface area contributed by atoms with Gasteiger partial charge in [0.1, 0.15) is 23.3 Å². The van der Waals surface area contributed by atoms with Crippen molar-refractivity contribution >= 4 is 5.97 Å². The van der Waals surface area contributed by atoms with Crippen LogP contribution in [-0.4, -0.2) is 27.3 Å². The number of carboxylic acids is 1. The largest absolute Gasteiger partial charge is 0.550 e. The number of carboxylic acid groups (broad SMARTS) is 1. The second kappa shape index (κ2) is 6.84. The number of methoxy groups -OCH3 is 3. The minimum atomic E-state index is -1.10. The van der Waals surface area contributed by atoms with Gasteiger partial charge in [0.2, 0.25) is 0 Å². The van der Waals surface area contributed by atoms with Gasteiger partial charge in [0.05, 0.1) is 26.9 Å². The van der Waals surface area contributed by atoms with Crippen molar-refractivity contribution in [2.75, 3.05) is 21.3 Å². The van der Waals surface area contributed by atoms with Crippen LogP contribution in [0, 0.1) is 0 Å². The van der Waals surface area contributed by atoms with E-state index in [4.69, 9.17) is 14.2 Å². The van der Waals surface area contributed by atoms with Crippen molar-refractivity contribution in [2.24, 2.45) is 0 Å². The summed E-state index contributed by atoms with van der Waals surface area (Å²) in [4.78, 5) is 10.5. The molecule has 0 amide bonds. The third-order valence-corrected chi connectivity index (χ3v) is 2.86. The second-order valence-electron chi connectivity index (χ2n) is 4.05. The third kappa shape index (κ3) is 3.75. The predicted octanol–water partition coefficient (Wildman–Crippen LogP) is -0.474. The van der Waals surface area contributed by atoms with Crippen molar-refractivity contribution in [3.8, 4) is 17.2 Å². The normalized spacial score (nSPS) is 11.8. The Labute approximate surface area is 112 Å². The van der Waals surface area contributed by atoms with Crippen LogP contribution in [0.5, 0.6) is 17.2 Å². The Hall–Kier alpha value is -1.95. The Kier molecular flexibility index (Phi) is 5.44. The molecule has 6 nitrogen and oxygen atoms in total. The molecule has 3 N–H and O–H groups in total. The van der Waals surface area contributed by atoms with Crippen LogP contribution in [0.1, 0.15) is 24.4 Å². The summed E-state index contributed by atoms with van der Waals surface area (Å²) in [6.45, 7) is 0. The van der Waals surface area contributed by atoms with Gasteiger partial charge in [0.15, 0.2) is 0 Å². The van der Waals surface area contributed by atoms with Gasteiger partial charge in [-0.15, -0.1) is 0 Å². The van der Waals surface area contributed by atoms with E-state index in [1.165, 1.54) is 14.2 Å². The fourth-order valence-corrected chi connectivity index (χ4v) is 1.87. The summed E-state index contributed by atoms with van der Waals surface area (Å²) >= 11 is 0. The number of hydrogen-bond acceptors (Lipinski definition) is 5. The Morgan fingerprint density at radius 2 is 1.74 bits per heavy atom. The average Bonchev–Trinajstić information content (AvgIpc) is 2.42. The van der Waals surface area contributed by atoms with E-state index in [0.29, 0.717) is 23.7 Å². The summed E-state index contributed by atoms with van der Waals surface area (Å²) in [5.41, 5.74) is 4.69. The number of aliphatic carboxylic acids is 1. The quantitative estimate of drug-likeness (QED) is 0.721. The number of carbonyl (C=O) groups excluding carboxylic acids is 1. The Bertz CT molecular complexity index is 422. The van der Waals surface area contributed by atoms with Gasteiger partial charge in [-0.25, -0.2) is 0 Å². The summed E-state index contributed by atoms with van der Waals surface area (Å²) in [5, 5.41) is 10.5. The third-order valence-electron chi connectivity index (χ3n) is 2.86. The molecule has 0 saturated heterocycles. The molecule has 0 saturated carbocycles. The Balaban J connectivity index is 3.12. The van der Waals surface area contributed by atoms with Crippen molar-refractivity contribution in [2.45, 2.75) is 18.9 Å². The van der Waals surface area contributed by atoms with Crippen LogP contribution in [0.4, 0.5) is 0 Å². The van der Waals surface area contributed by atoms with Crippen molar-refractivity contribution in [3.05, 3.63) is 17.7 Å². The van der Waals surface area contributed by atoms with Crippen molar-refractivity contribution in [1.82, 2.24) is 0 Å². The van der Waals surface area contributed by atoms with E-state index >= 15 is 0 Å². The molecular weight excluding hydrogens is 250 g/mol. The second-order valence-corrected chi connectivity index (χ2v) is 4.05. The van der Waals surface area contributed by atoms with Gasteiger partial charge in [0, 0.05) is 24.5 Å².